The summed E-state index contributed by atoms with van der Waals surface area (Å²) in [7, 11) is 0. The van der Waals surface area contributed by atoms with Gasteiger partial charge in [0.25, 0.3) is 0 Å². The molecular weight excluding hydrogens is 189 g/mol. The van der Waals surface area contributed by atoms with Gasteiger partial charge in [-0.1, -0.05) is 32.0 Å². The Bertz CT molecular complexity index is 202. The lowest BCUT2D eigenvalue weighted by atomic mass is 10.1. The summed E-state index contributed by atoms with van der Waals surface area (Å²) in [5.74, 6) is 0. The van der Waals surface area contributed by atoms with Crippen molar-refractivity contribution >= 4 is 17.6 Å². The zero-order valence-electron chi connectivity index (χ0n) is 9.27. The van der Waals surface area contributed by atoms with Crippen LogP contribution in [0.2, 0.25) is 0 Å². The first-order valence-corrected chi connectivity index (χ1v) is 7.36. The summed E-state index contributed by atoms with van der Waals surface area (Å²) in [6.45, 7) is 14.8. The van der Waals surface area contributed by atoms with Crippen molar-refractivity contribution in [2.75, 3.05) is 6.66 Å². The van der Waals surface area contributed by atoms with Crippen LogP contribution in [0.5, 0.6) is 0 Å². The molecule has 1 unspecified atom stereocenters. The van der Waals surface area contributed by atoms with Gasteiger partial charge in [0, 0.05) is 5.16 Å². The molecule has 12 heavy (non-hydrogen) atoms. The molecule has 0 bridgehead atoms. The molecule has 0 fully saturated rings. The van der Waals surface area contributed by atoms with E-state index in [2.05, 4.69) is 53.0 Å². The van der Waals surface area contributed by atoms with E-state index >= 15 is 0 Å². The minimum Gasteiger partial charge on any atom is -0.282 e. The van der Waals surface area contributed by atoms with Crippen molar-refractivity contribution in [1.82, 2.24) is 0 Å². The fourth-order valence-electron chi connectivity index (χ4n) is 0.713. The van der Waals surface area contributed by atoms with Gasteiger partial charge in [-0.2, -0.15) is 0 Å². The molecule has 0 aromatic heterocycles. The monoisotopic (exact) mass is 209 g/mol. The molecule has 3 heteroatoms. The number of halogens is 1. The lowest BCUT2D eigenvalue weighted by Gasteiger charge is -2.31. The quantitative estimate of drug-likeness (QED) is 0.519. The van der Waals surface area contributed by atoms with Crippen molar-refractivity contribution in [3.8, 4) is 0 Å². The predicted molar refractivity (Wildman–Crippen MR) is 60.6 cm³/mol. The van der Waals surface area contributed by atoms with Crippen LogP contribution in [-0.4, -0.2) is 17.4 Å². The second-order valence-corrected chi connectivity index (χ2v) is 10.5. The van der Waals surface area contributed by atoms with Crippen molar-refractivity contribution in [3.63, 3.8) is 0 Å². The third-order valence-electron chi connectivity index (χ3n) is 1.71. The van der Waals surface area contributed by atoms with Crippen LogP contribution in [0, 0.1) is 0 Å². The first-order valence-electron chi connectivity index (χ1n) is 4.26. The van der Waals surface area contributed by atoms with Gasteiger partial charge in [0.2, 0.25) is 0 Å². The zero-order chi connectivity index (χ0) is 10.2. The Morgan fingerprint density at radius 1 is 1.00 bits per heavy atom. The molecule has 0 aliphatic rings. The molecule has 1 atom stereocenters. The highest BCUT2D eigenvalue weighted by molar-refractivity contribution is 7.91. The highest BCUT2D eigenvalue weighted by Crippen LogP contribution is 2.63. The second kappa shape index (κ2) is 3.35. The van der Waals surface area contributed by atoms with Crippen LogP contribution in [0.1, 0.15) is 41.5 Å². The fraction of sp³-hybridized carbons (Fsp3) is 1.00. The second-order valence-electron chi connectivity index (χ2n) is 5.29. The zero-order valence-corrected chi connectivity index (χ0v) is 10.9. The summed E-state index contributed by atoms with van der Waals surface area (Å²) < 4.78 is 4.69. The summed E-state index contributed by atoms with van der Waals surface area (Å²) in [5, 5.41) is 0.113. The molecule has 0 heterocycles. The van der Waals surface area contributed by atoms with Crippen LogP contribution < -0.4 is 0 Å². The maximum atomic E-state index is 6.44. The Morgan fingerprint density at radius 2 is 1.33 bits per heavy atom. The number of hydrogen-bond acceptors (Lipinski definition) is 1. The molecule has 74 valence electrons. The van der Waals surface area contributed by atoms with Crippen LogP contribution in [-0.2, 0) is 0 Å². The van der Waals surface area contributed by atoms with Crippen molar-refractivity contribution in [2.24, 2.45) is 4.74 Å². The minimum absolute atomic E-state index is 0.0163. The largest absolute Gasteiger partial charge is 0.282 e. The Balaban J connectivity index is 4.99. The Morgan fingerprint density at radius 3 is 1.42 bits per heavy atom. The van der Waals surface area contributed by atoms with Crippen LogP contribution in [0.4, 0.5) is 0 Å². The third-order valence-corrected chi connectivity index (χ3v) is 6.88. The molecule has 0 aliphatic heterocycles. The first-order chi connectivity index (χ1) is 4.96. The molecule has 0 saturated heterocycles. The van der Waals surface area contributed by atoms with E-state index in [1.807, 2.05) is 0 Å². The Hall–Kier alpha value is 0.520. The molecule has 0 radical (unpaired) electrons. The topological polar surface area (TPSA) is 12.4 Å². The summed E-state index contributed by atoms with van der Waals surface area (Å²) in [5.41, 5.74) is -0.0163. The Labute approximate surface area is 81.7 Å². The summed E-state index contributed by atoms with van der Waals surface area (Å²) >= 11 is 6.44. The van der Waals surface area contributed by atoms with Crippen molar-refractivity contribution in [2.45, 2.75) is 52.2 Å². The number of nitrogens with zero attached hydrogens (tertiary/aromatic N) is 1. The van der Waals surface area contributed by atoms with Gasteiger partial charge in [-0.3, -0.25) is 4.74 Å². The molecule has 0 spiro atoms. The molecule has 0 N–H and O–H groups in total. The van der Waals surface area contributed by atoms with Crippen molar-refractivity contribution < 1.29 is 0 Å². The van der Waals surface area contributed by atoms with Gasteiger partial charge in [0.05, 0.1) is 11.9 Å². The smallest absolute Gasteiger partial charge is 0.0577 e. The molecular formula is C9H21ClNP. The van der Waals surface area contributed by atoms with Crippen LogP contribution in [0.3, 0.4) is 0 Å². The first kappa shape index (κ1) is 12.5. The van der Waals surface area contributed by atoms with E-state index in [1.165, 1.54) is 0 Å². The van der Waals surface area contributed by atoms with Crippen LogP contribution in [0.15, 0.2) is 4.74 Å². The summed E-state index contributed by atoms with van der Waals surface area (Å²) in [6.07, 6.45) is -1.65. The molecule has 0 aromatic rings. The molecule has 0 rings (SSSR count). The summed E-state index contributed by atoms with van der Waals surface area (Å²) in [4.78, 5) is 0. The molecule has 1 nitrogen and oxygen atoms in total. The lowest BCUT2D eigenvalue weighted by Crippen LogP contribution is -2.16. The standard InChI is InChI=1S/C9H21ClNP/c1-8(2,3)11-12(7,10)9(4,5)6/h1-7H3. The fourth-order valence-corrected chi connectivity index (χ4v) is 2.82. The predicted octanol–water partition coefficient (Wildman–Crippen LogP) is 4.57. The van der Waals surface area contributed by atoms with Crippen LogP contribution >= 0.6 is 17.6 Å². The van der Waals surface area contributed by atoms with E-state index in [4.69, 9.17) is 11.2 Å². The normalized spacial score (nSPS) is 18.7. The van der Waals surface area contributed by atoms with Gasteiger partial charge >= 0.3 is 0 Å². The lowest BCUT2D eigenvalue weighted by molar-refractivity contribution is 0.586. The van der Waals surface area contributed by atoms with E-state index in [9.17, 15) is 0 Å². The van der Waals surface area contributed by atoms with Crippen LogP contribution in [0.25, 0.3) is 0 Å². The average Bonchev–Trinajstić information content (AvgIpc) is 1.52. The van der Waals surface area contributed by atoms with Gasteiger partial charge in [0.1, 0.15) is 0 Å². The highest BCUT2D eigenvalue weighted by atomic mass is 35.7. The van der Waals surface area contributed by atoms with Crippen molar-refractivity contribution in [1.29, 1.82) is 0 Å². The maximum absolute atomic E-state index is 6.44. The van der Waals surface area contributed by atoms with Gasteiger partial charge < -0.3 is 0 Å². The molecule has 0 amide bonds. The van der Waals surface area contributed by atoms with E-state index < -0.39 is 6.41 Å². The Kier molecular flexibility index (Phi) is 3.49. The van der Waals surface area contributed by atoms with E-state index in [-0.39, 0.29) is 10.7 Å². The molecule has 0 saturated carbocycles. The van der Waals surface area contributed by atoms with E-state index in [1.54, 1.807) is 0 Å². The minimum atomic E-state index is -1.65. The molecule has 0 aromatic carbocycles. The van der Waals surface area contributed by atoms with Crippen molar-refractivity contribution in [3.05, 3.63) is 0 Å². The average molecular weight is 210 g/mol. The van der Waals surface area contributed by atoms with E-state index in [0.717, 1.165) is 0 Å². The number of hydrogen-bond donors (Lipinski definition) is 0. The molecule has 0 aliphatic carbocycles. The highest BCUT2D eigenvalue weighted by Gasteiger charge is 2.28. The third kappa shape index (κ3) is 3.96. The van der Waals surface area contributed by atoms with E-state index in [0.29, 0.717) is 0 Å². The van der Waals surface area contributed by atoms with Gasteiger partial charge in [0.15, 0.2) is 0 Å². The maximum Gasteiger partial charge on any atom is 0.0577 e. The summed E-state index contributed by atoms with van der Waals surface area (Å²) in [6, 6.07) is 0. The SMILES string of the molecule is CC(C)(C)N=P(C)(Cl)C(C)(C)C. The van der Waals surface area contributed by atoms with Gasteiger partial charge in [-0.15, -0.1) is 0 Å². The van der Waals surface area contributed by atoms with Gasteiger partial charge in [-0.05, 0) is 27.4 Å². The van der Waals surface area contributed by atoms with Gasteiger partial charge in [-0.25, -0.2) is 0 Å². The number of rotatable bonds is 0.